The zero-order chi connectivity index (χ0) is 16.0. The van der Waals surface area contributed by atoms with Gasteiger partial charge in [0.15, 0.2) is 0 Å². The fourth-order valence-electron chi connectivity index (χ4n) is 3.91. The summed E-state index contributed by atoms with van der Waals surface area (Å²) < 4.78 is 0. The normalized spacial score (nSPS) is 23.2. The van der Waals surface area contributed by atoms with Crippen LogP contribution in [0.4, 0.5) is 0 Å². The highest BCUT2D eigenvalue weighted by Crippen LogP contribution is 2.30. The molecule has 1 N–H and O–H groups in total. The number of amides is 1. The van der Waals surface area contributed by atoms with Crippen molar-refractivity contribution in [1.82, 2.24) is 14.8 Å². The summed E-state index contributed by atoms with van der Waals surface area (Å²) in [7, 11) is 0. The van der Waals surface area contributed by atoms with Gasteiger partial charge in [-0.25, -0.2) is 0 Å². The molecule has 3 heterocycles. The van der Waals surface area contributed by atoms with E-state index in [0.717, 1.165) is 24.0 Å². The topological polar surface area (TPSA) is 39.3 Å². The van der Waals surface area contributed by atoms with Crippen molar-refractivity contribution < 1.29 is 4.79 Å². The zero-order valence-corrected chi connectivity index (χ0v) is 14.1. The lowest BCUT2D eigenvalue weighted by Crippen LogP contribution is -2.63. The number of halogens is 1. The standard InChI is InChI=1S/C18H22ClN3O/c1-12-6-4-5-9-22(12)13-10-21(11-13)18(23)17-16(19)14-7-2-3-8-15(14)20-17/h2-3,7-8,12-13,20H,4-6,9-11H2,1H3/t12-/m0/s1. The van der Waals surface area contributed by atoms with Gasteiger partial charge in [0.05, 0.1) is 5.02 Å². The van der Waals surface area contributed by atoms with Gasteiger partial charge < -0.3 is 9.88 Å². The Labute approximate surface area is 141 Å². The molecule has 0 unspecified atom stereocenters. The van der Waals surface area contributed by atoms with Gasteiger partial charge in [-0.15, -0.1) is 0 Å². The number of fused-ring (bicyclic) bond motifs is 1. The maximum absolute atomic E-state index is 12.7. The van der Waals surface area contributed by atoms with Crippen molar-refractivity contribution in [3.05, 3.63) is 35.0 Å². The maximum atomic E-state index is 12.7. The van der Waals surface area contributed by atoms with E-state index < -0.39 is 0 Å². The van der Waals surface area contributed by atoms with Crippen LogP contribution in [-0.2, 0) is 0 Å². The number of piperidine rings is 1. The van der Waals surface area contributed by atoms with E-state index >= 15 is 0 Å². The Bertz CT molecular complexity index is 735. The molecule has 2 aliphatic rings. The molecule has 0 radical (unpaired) electrons. The minimum absolute atomic E-state index is 0.0205. The Morgan fingerprint density at radius 3 is 2.78 bits per heavy atom. The van der Waals surface area contributed by atoms with Gasteiger partial charge in [0.25, 0.3) is 5.91 Å². The van der Waals surface area contributed by atoms with Gasteiger partial charge in [0.1, 0.15) is 5.69 Å². The molecule has 1 atom stereocenters. The first-order valence-electron chi connectivity index (χ1n) is 8.46. The van der Waals surface area contributed by atoms with E-state index in [4.69, 9.17) is 11.6 Å². The van der Waals surface area contributed by atoms with Gasteiger partial charge >= 0.3 is 0 Å². The Morgan fingerprint density at radius 1 is 1.26 bits per heavy atom. The first kappa shape index (κ1) is 15.0. The van der Waals surface area contributed by atoms with Gasteiger partial charge in [-0.2, -0.15) is 0 Å². The van der Waals surface area contributed by atoms with Crippen molar-refractivity contribution in [2.24, 2.45) is 0 Å². The number of nitrogens with one attached hydrogen (secondary N) is 1. The van der Waals surface area contributed by atoms with Crippen molar-refractivity contribution in [1.29, 1.82) is 0 Å². The van der Waals surface area contributed by atoms with Gasteiger partial charge in [-0.1, -0.05) is 36.2 Å². The second kappa shape index (κ2) is 5.84. The van der Waals surface area contributed by atoms with Gasteiger partial charge in [-0.3, -0.25) is 9.69 Å². The molecule has 5 heteroatoms. The molecule has 2 saturated heterocycles. The molecule has 23 heavy (non-hydrogen) atoms. The summed E-state index contributed by atoms with van der Waals surface area (Å²) in [5.41, 5.74) is 1.44. The minimum atomic E-state index is 0.0205. The number of likely N-dealkylation sites (tertiary alicyclic amines) is 2. The SMILES string of the molecule is C[C@H]1CCCCN1C1CN(C(=O)c2[nH]c3ccccc3c2Cl)C1. The lowest BCUT2D eigenvalue weighted by atomic mass is 9.97. The summed E-state index contributed by atoms with van der Waals surface area (Å²) in [6.45, 7) is 5.10. The molecule has 4 rings (SSSR count). The number of nitrogens with zero attached hydrogens (tertiary/aromatic N) is 2. The molecule has 1 aromatic heterocycles. The highest BCUT2D eigenvalue weighted by atomic mass is 35.5. The monoisotopic (exact) mass is 331 g/mol. The summed E-state index contributed by atoms with van der Waals surface area (Å²) >= 11 is 6.40. The first-order chi connectivity index (χ1) is 11.1. The van der Waals surface area contributed by atoms with Gasteiger partial charge in [0.2, 0.25) is 0 Å². The summed E-state index contributed by atoms with van der Waals surface area (Å²) in [5.74, 6) is 0.0205. The molecular weight excluding hydrogens is 310 g/mol. The van der Waals surface area contributed by atoms with Crippen LogP contribution in [0.1, 0.15) is 36.7 Å². The van der Waals surface area contributed by atoms with E-state index in [1.54, 1.807) is 0 Å². The summed E-state index contributed by atoms with van der Waals surface area (Å²) in [6, 6.07) is 8.93. The maximum Gasteiger partial charge on any atom is 0.271 e. The third-order valence-electron chi connectivity index (χ3n) is 5.33. The molecule has 2 aliphatic heterocycles. The highest BCUT2D eigenvalue weighted by molar-refractivity contribution is 6.38. The molecule has 2 aromatic rings. The van der Waals surface area contributed by atoms with E-state index in [1.807, 2.05) is 29.2 Å². The molecule has 0 saturated carbocycles. The van der Waals surface area contributed by atoms with Gasteiger partial charge in [0, 0.05) is 36.1 Å². The molecule has 122 valence electrons. The fraction of sp³-hybridized carbons (Fsp3) is 0.500. The number of carbonyl (C=O) groups excluding carboxylic acids is 1. The smallest absolute Gasteiger partial charge is 0.271 e. The van der Waals surface area contributed by atoms with Crippen LogP contribution in [-0.4, -0.2) is 52.4 Å². The molecule has 1 amide bonds. The lowest BCUT2D eigenvalue weighted by molar-refractivity contribution is 0.00187. The number of rotatable bonds is 2. The predicted octanol–water partition coefficient (Wildman–Crippen LogP) is 3.52. The Balaban J connectivity index is 1.47. The average molecular weight is 332 g/mol. The number of H-pyrrole nitrogens is 1. The summed E-state index contributed by atoms with van der Waals surface area (Å²) in [4.78, 5) is 20.4. The van der Waals surface area contributed by atoms with Crippen molar-refractivity contribution in [2.45, 2.75) is 38.3 Å². The highest BCUT2D eigenvalue weighted by Gasteiger charge is 2.38. The lowest BCUT2D eigenvalue weighted by Gasteiger charge is -2.49. The van der Waals surface area contributed by atoms with E-state index in [0.29, 0.717) is 22.8 Å². The van der Waals surface area contributed by atoms with Crippen LogP contribution in [0, 0.1) is 0 Å². The number of para-hydroxylation sites is 1. The van der Waals surface area contributed by atoms with Crippen LogP contribution in [0.2, 0.25) is 5.02 Å². The number of aromatic nitrogens is 1. The quantitative estimate of drug-likeness (QED) is 0.914. The summed E-state index contributed by atoms with van der Waals surface area (Å²) in [6.07, 6.45) is 3.89. The molecule has 1 aromatic carbocycles. The van der Waals surface area contributed by atoms with Crippen LogP contribution in [0.15, 0.2) is 24.3 Å². The van der Waals surface area contributed by atoms with Crippen molar-refractivity contribution in [3.8, 4) is 0 Å². The zero-order valence-electron chi connectivity index (χ0n) is 13.4. The van der Waals surface area contributed by atoms with Crippen LogP contribution in [0.25, 0.3) is 10.9 Å². The van der Waals surface area contributed by atoms with Crippen molar-refractivity contribution in [2.75, 3.05) is 19.6 Å². The molecule has 0 bridgehead atoms. The fourth-order valence-corrected chi connectivity index (χ4v) is 4.20. The molecule has 4 nitrogen and oxygen atoms in total. The van der Waals surface area contributed by atoms with Crippen LogP contribution in [0.3, 0.4) is 0 Å². The number of benzene rings is 1. The minimum Gasteiger partial charge on any atom is -0.349 e. The largest absolute Gasteiger partial charge is 0.349 e. The van der Waals surface area contributed by atoms with E-state index in [2.05, 4.69) is 16.8 Å². The van der Waals surface area contributed by atoms with Crippen molar-refractivity contribution in [3.63, 3.8) is 0 Å². The number of hydrogen-bond acceptors (Lipinski definition) is 2. The molecular formula is C18H22ClN3O. The summed E-state index contributed by atoms with van der Waals surface area (Å²) in [5, 5.41) is 1.46. The first-order valence-corrected chi connectivity index (χ1v) is 8.84. The van der Waals surface area contributed by atoms with Gasteiger partial charge in [-0.05, 0) is 32.4 Å². The molecule has 0 spiro atoms. The third kappa shape index (κ3) is 2.54. The molecule has 0 aliphatic carbocycles. The average Bonchev–Trinajstić information content (AvgIpc) is 2.85. The number of hydrogen-bond donors (Lipinski definition) is 1. The number of aromatic amines is 1. The van der Waals surface area contributed by atoms with Crippen LogP contribution in [0.5, 0.6) is 0 Å². The molecule has 2 fully saturated rings. The Hall–Kier alpha value is -1.52. The third-order valence-corrected chi connectivity index (χ3v) is 5.72. The Kier molecular flexibility index (Phi) is 3.82. The van der Waals surface area contributed by atoms with Crippen LogP contribution < -0.4 is 0 Å². The number of carbonyl (C=O) groups is 1. The second-order valence-electron chi connectivity index (χ2n) is 6.81. The van der Waals surface area contributed by atoms with E-state index in [1.165, 1.54) is 25.8 Å². The van der Waals surface area contributed by atoms with Crippen molar-refractivity contribution >= 4 is 28.4 Å². The Morgan fingerprint density at radius 2 is 2.04 bits per heavy atom. The van der Waals surface area contributed by atoms with Crippen LogP contribution >= 0.6 is 11.6 Å². The second-order valence-corrected chi connectivity index (χ2v) is 7.18. The van der Waals surface area contributed by atoms with E-state index in [-0.39, 0.29) is 5.91 Å². The predicted molar refractivity (Wildman–Crippen MR) is 93.0 cm³/mol. The van der Waals surface area contributed by atoms with E-state index in [9.17, 15) is 4.79 Å².